The topological polar surface area (TPSA) is 81.1 Å². The molecule has 0 amide bonds. The second kappa shape index (κ2) is 4.91. The van der Waals surface area contributed by atoms with Crippen LogP contribution in [0.15, 0.2) is 30.3 Å². The first-order chi connectivity index (χ1) is 8.56. The molecule has 0 fully saturated rings. The number of hydrogen-bond donors (Lipinski definition) is 2. The van der Waals surface area contributed by atoms with Crippen LogP contribution in [0.5, 0.6) is 0 Å². The van der Waals surface area contributed by atoms with E-state index in [1.807, 2.05) is 31.2 Å². The number of benzene rings is 1. The van der Waals surface area contributed by atoms with Gasteiger partial charge in [0.15, 0.2) is 0 Å². The van der Waals surface area contributed by atoms with E-state index in [4.69, 9.17) is 10.8 Å². The number of hydrogen-bond acceptors (Lipinski definition) is 3. The van der Waals surface area contributed by atoms with Gasteiger partial charge in [-0.1, -0.05) is 17.7 Å². The molecule has 0 saturated carbocycles. The molecule has 2 aromatic rings. The Balaban J connectivity index is 2.23. The molecule has 5 nitrogen and oxygen atoms in total. The van der Waals surface area contributed by atoms with E-state index >= 15 is 0 Å². The molecular formula is C13H15N3O2. The quantitative estimate of drug-likeness (QED) is 0.860. The van der Waals surface area contributed by atoms with E-state index < -0.39 is 5.97 Å². The summed E-state index contributed by atoms with van der Waals surface area (Å²) in [5.41, 5.74) is 8.60. The van der Waals surface area contributed by atoms with Crippen LogP contribution in [0.3, 0.4) is 0 Å². The lowest BCUT2D eigenvalue weighted by atomic mass is 10.2. The molecule has 0 radical (unpaired) electrons. The molecule has 1 heterocycles. The number of nitrogen functional groups attached to an aromatic ring is 1. The van der Waals surface area contributed by atoms with Gasteiger partial charge < -0.3 is 10.8 Å². The van der Waals surface area contributed by atoms with Crippen molar-refractivity contribution >= 4 is 11.8 Å². The van der Waals surface area contributed by atoms with Crippen LogP contribution in [0.2, 0.25) is 0 Å². The molecule has 0 atom stereocenters. The maximum Gasteiger partial charge on any atom is 0.303 e. The van der Waals surface area contributed by atoms with E-state index in [0.29, 0.717) is 17.9 Å². The maximum atomic E-state index is 10.5. The number of aryl methyl sites for hydroxylation is 2. The number of rotatable bonds is 4. The van der Waals surface area contributed by atoms with E-state index in [2.05, 4.69) is 5.10 Å². The van der Waals surface area contributed by atoms with Gasteiger partial charge in [0, 0.05) is 12.5 Å². The Morgan fingerprint density at radius 3 is 2.67 bits per heavy atom. The lowest BCUT2D eigenvalue weighted by Crippen LogP contribution is -2.02. The van der Waals surface area contributed by atoms with Gasteiger partial charge in [-0.25, -0.2) is 4.68 Å². The van der Waals surface area contributed by atoms with Gasteiger partial charge in [0.05, 0.1) is 17.8 Å². The van der Waals surface area contributed by atoms with Gasteiger partial charge in [0.2, 0.25) is 0 Å². The summed E-state index contributed by atoms with van der Waals surface area (Å²) in [6.07, 6.45) is 0.447. The van der Waals surface area contributed by atoms with Crippen LogP contribution in [0.4, 0.5) is 5.82 Å². The van der Waals surface area contributed by atoms with Gasteiger partial charge in [-0.15, -0.1) is 0 Å². The third kappa shape index (κ3) is 2.68. The summed E-state index contributed by atoms with van der Waals surface area (Å²) in [6, 6.07) is 9.53. The van der Waals surface area contributed by atoms with Crippen LogP contribution >= 0.6 is 0 Å². The molecule has 1 aromatic heterocycles. The number of carbonyl (C=O) groups is 1. The molecule has 0 aliphatic rings. The fourth-order valence-electron chi connectivity index (χ4n) is 1.70. The molecule has 18 heavy (non-hydrogen) atoms. The number of nitrogens with two attached hydrogens (primary N) is 1. The van der Waals surface area contributed by atoms with E-state index in [0.717, 1.165) is 11.3 Å². The molecule has 2 rings (SSSR count). The highest BCUT2D eigenvalue weighted by Gasteiger charge is 2.08. The maximum absolute atomic E-state index is 10.5. The van der Waals surface area contributed by atoms with Gasteiger partial charge in [-0.05, 0) is 19.1 Å². The molecule has 0 saturated heterocycles. The van der Waals surface area contributed by atoms with Crippen LogP contribution in [0.25, 0.3) is 5.69 Å². The number of anilines is 1. The van der Waals surface area contributed by atoms with Gasteiger partial charge in [-0.2, -0.15) is 5.10 Å². The second-order valence-electron chi connectivity index (χ2n) is 4.20. The van der Waals surface area contributed by atoms with Crippen LogP contribution in [-0.4, -0.2) is 20.9 Å². The Bertz CT molecular complexity index is 558. The molecule has 0 aliphatic heterocycles. The Morgan fingerprint density at radius 1 is 1.39 bits per heavy atom. The molecule has 0 unspecified atom stereocenters. The third-order valence-corrected chi connectivity index (χ3v) is 2.66. The average Bonchev–Trinajstić information content (AvgIpc) is 2.69. The van der Waals surface area contributed by atoms with Crippen molar-refractivity contribution in [2.24, 2.45) is 0 Å². The Hall–Kier alpha value is -2.30. The molecular weight excluding hydrogens is 230 g/mol. The molecule has 94 valence electrons. The monoisotopic (exact) mass is 245 g/mol. The predicted molar refractivity (Wildman–Crippen MR) is 68.7 cm³/mol. The predicted octanol–water partition coefficient (Wildman–Crippen LogP) is 1.78. The van der Waals surface area contributed by atoms with E-state index in [-0.39, 0.29) is 6.42 Å². The minimum atomic E-state index is -0.835. The Labute approximate surface area is 105 Å². The number of nitrogens with zero attached hydrogens (tertiary/aromatic N) is 2. The first-order valence-electron chi connectivity index (χ1n) is 5.69. The number of aliphatic carboxylic acids is 1. The fraction of sp³-hybridized carbons (Fsp3) is 0.231. The molecule has 1 aromatic carbocycles. The highest BCUT2D eigenvalue weighted by atomic mass is 16.4. The second-order valence-corrected chi connectivity index (χ2v) is 4.20. The third-order valence-electron chi connectivity index (χ3n) is 2.66. The number of aromatic nitrogens is 2. The smallest absolute Gasteiger partial charge is 0.303 e. The normalized spacial score (nSPS) is 10.5. The van der Waals surface area contributed by atoms with Crippen molar-refractivity contribution in [2.45, 2.75) is 19.8 Å². The minimum absolute atomic E-state index is 0.0599. The summed E-state index contributed by atoms with van der Waals surface area (Å²) in [7, 11) is 0. The molecule has 3 N–H and O–H groups in total. The van der Waals surface area contributed by atoms with E-state index in [9.17, 15) is 4.79 Å². The van der Waals surface area contributed by atoms with Crippen LogP contribution in [-0.2, 0) is 11.2 Å². The zero-order valence-electron chi connectivity index (χ0n) is 10.1. The SMILES string of the molecule is Cc1ccc(-n2nc(CCC(=O)O)cc2N)cc1. The Kier molecular flexibility index (Phi) is 3.32. The summed E-state index contributed by atoms with van der Waals surface area (Å²) in [6.45, 7) is 2.01. The summed E-state index contributed by atoms with van der Waals surface area (Å²) in [5, 5.41) is 12.9. The van der Waals surface area contributed by atoms with Gasteiger partial charge in [-0.3, -0.25) is 4.79 Å². The van der Waals surface area contributed by atoms with E-state index in [1.54, 1.807) is 10.7 Å². The number of carboxylic acids is 1. The van der Waals surface area contributed by atoms with Crippen molar-refractivity contribution in [3.63, 3.8) is 0 Å². The fourth-order valence-corrected chi connectivity index (χ4v) is 1.70. The lowest BCUT2D eigenvalue weighted by Gasteiger charge is -2.03. The van der Waals surface area contributed by atoms with E-state index in [1.165, 1.54) is 0 Å². The van der Waals surface area contributed by atoms with Crippen molar-refractivity contribution < 1.29 is 9.90 Å². The van der Waals surface area contributed by atoms with Gasteiger partial charge in [0.25, 0.3) is 0 Å². The zero-order chi connectivity index (χ0) is 13.1. The highest BCUT2D eigenvalue weighted by Crippen LogP contribution is 2.16. The van der Waals surface area contributed by atoms with Crippen molar-refractivity contribution in [3.05, 3.63) is 41.6 Å². The Morgan fingerprint density at radius 2 is 2.06 bits per heavy atom. The largest absolute Gasteiger partial charge is 0.481 e. The van der Waals surface area contributed by atoms with Crippen molar-refractivity contribution in [2.75, 3.05) is 5.73 Å². The minimum Gasteiger partial charge on any atom is -0.481 e. The summed E-state index contributed by atoms with van der Waals surface area (Å²) < 4.78 is 1.62. The number of carboxylic acid groups (broad SMARTS) is 1. The van der Waals surface area contributed by atoms with Crippen LogP contribution < -0.4 is 5.73 Å². The van der Waals surface area contributed by atoms with Crippen molar-refractivity contribution in [1.82, 2.24) is 9.78 Å². The molecule has 5 heteroatoms. The van der Waals surface area contributed by atoms with Crippen molar-refractivity contribution in [3.8, 4) is 5.69 Å². The summed E-state index contributed by atoms with van der Waals surface area (Å²) in [5.74, 6) is -0.322. The average molecular weight is 245 g/mol. The molecule has 0 spiro atoms. The van der Waals surface area contributed by atoms with Crippen LogP contribution in [0, 0.1) is 6.92 Å². The zero-order valence-corrected chi connectivity index (χ0v) is 10.1. The summed E-state index contributed by atoms with van der Waals surface area (Å²) >= 11 is 0. The van der Waals surface area contributed by atoms with Crippen LogP contribution in [0.1, 0.15) is 17.7 Å². The van der Waals surface area contributed by atoms with Crippen molar-refractivity contribution in [1.29, 1.82) is 0 Å². The van der Waals surface area contributed by atoms with Gasteiger partial charge >= 0.3 is 5.97 Å². The molecule has 0 bridgehead atoms. The first-order valence-corrected chi connectivity index (χ1v) is 5.69. The highest BCUT2D eigenvalue weighted by molar-refractivity contribution is 5.67. The standard InChI is InChI=1S/C13H15N3O2/c1-9-2-5-11(6-3-9)16-12(14)8-10(15-16)4-7-13(17)18/h2-3,5-6,8H,4,7,14H2,1H3,(H,17,18). The first kappa shape index (κ1) is 12.2. The lowest BCUT2D eigenvalue weighted by molar-refractivity contribution is -0.136. The molecule has 0 aliphatic carbocycles. The summed E-state index contributed by atoms with van der Waals surface area (Å²) in [4.78, 5) is 10.5. The van der Waals surface area contributed by atoms with Gasteiger partial charge in [0.1, 0.15) is 5.82 Å².